The first-order valence-electron chi connectivity index (χ1n) is 5.33. The molecule has 1 aromatic carbocycles. The van der Waals surface area contributed by atoms with Gasteiger partial charge in [-0.15, -0.1) is 0 Å². The fourth-order valence-corrected chi connectivity index (χ4v) is 2.47. The maximum Gasteiger partial charge on any atom is 0.283 e. The SMILES string of the molecule is O=[N+]([O-])c1cc(C2CCNCC2)ccc1Br. The molecular weight excluding hydrogens is 272 g/mol. The van der Waals surface area contributed by atoms with Crippen LogP contribution in [0.5, 0.6) is 0 Å². The number of hydrogen-bond donors (Lipinski definition) is 1. The smallest absolute Gasteiger partial charge is 0.283 e. The highest BCUT2D eigenvalue weighted by Gasteiger charge is 2.19. The lowest BCUT2D eigenvalue weighted by Crippen LogP contribution is -2.26. The summed E-state index contributed by atoms with van der Waals surface area (Å²) in [5, 5.41) is 14.1. The van der Waals surface area contributed by atoms with E-state index in [-0.39, 0.29) is 10.6 Å². The van der Waals surface area contributed by atoms with Crippen LogP contribution in [0, 0.1) is 10.1 Å². The minimum atomic E-state index is -0.339. The molecule has 0 unspecified atom stereocenters. The van der Waals surface area contributed by atoms with Crippen LogP contribution in [0.15, 0.2) is 22.7 Å². The number of nitro benzene ring substituents is 1. The number of rotatable bonds is 2. The Morgan fingerprint density at radius 2 is 2.06 bits per heavy atom. The molecule has 1 aromatic rings. The topological polar surface area (TPSA) is 55.2 Å². The van der Waals surface area contributed by atoms with Crippen molar-refractivity contribution < 1.29 is 4.92 Å². The molecule has 5 heteroatoms. The lowest BCUT2D eigenvalue weighted by molar-refractivity contribution is -0.385. The van der Waals surface area contributed by atoms with E-state index in [1.165, 1.54) is 0 Å². The fourth-order valence-electron chi connectivity index (χ4n) is 2.08. The molecule has 4 nitrogen and oxygen atoms in total. The standard InChI is InChI=1S/C11H13BrN2O2/c12-10-2-1-9(7-11(10)14(15)16)8-3-5-13-6-4-8/h1-2,7-8,13H,3-6H2. The molecule has 0 aliphatic carbocycles. The number of nitro groups is 1. The van der Waals surface area contributed by atoms with Gasteiger partial charge < -0.3 is 5.32 Å². The van der Waals surface area contributed by atoms with Gasteiger partial charge in [-0.2, -0.15) is 0 Å². The molecule has 16 heavy (non-hydrogen) atoms. The summed E-state index contributed by atoms with van der Waals surface area (Å²) in [7, 11) is 0. The Hall–Kier alpha value is -0.940. The molecule has 0 atom stereocenters. The molecule has 0 aromatic heterocycles. The molecule has 0 radical (unpaired) electrons. The molecule has 86 valence electrons. The molecular formula is C11H13BrN2O2. The number of nitrogens with one attached hydrogen (secondary N) is 1. The number of nitrogens with zero attached hydrogens (tertiary/aromatic N) is 1. The summed E-state index contributed by atoms with van der Waals surface area (Å²) in [6.45, 7) is 1.99. The van der Waals surface area contributed by atoms with Gasteiger partial charge in [0.25, 0.3) is 5.69 Å². The van der Waals surface area contributed by atoms with Crippen molar-refractivity contribution in [2.24, 2.45) is 0 Å². The van der Waals surface area contributed by atoms with E-state index in [1.807, 2.05) is 6.07 Å². The zero-order valence-electron chi connectivity index (χ0n) is 8.78. The van der Waals surface area contributed by atoms with Crippen LogP contribution in [-0.2, 0) is 0 Å². The summed E-state index contributed by atoms with van der Waals surface area (Å²) in [5.74, 6) is 0.452. The van der Waals surface area contributed by atoms with Crippen molar-refractivity contribution in [1.82, 2.24) is 5.32 Å². The summed E-state index contributed by atoms with van der Waals surface area (Å²) >= 11 is 3.20. The van der Waals surface area contributed by atoms with E-state index in [2.05, 4.69) is 21.2 Å². The predicted octanol–water partition coefficient (Wildman–Crippen LogP) is 2.82. The van der Waals surface area contributed by atoms with Gasteiger partial charge in [-0.1, -0.05) is 6.07 Å². The van der Waals surface area contributed by atoms with Crippen molar-refractivity contribution in [1.29, 1.82) is 0 Å². The summed E-state index contributed by atoms with van der Waals surface area (Å²) in [6.07, 6.45) is 2.11. The van der Waals surface area contributed by atoms with Gasteiger partial charge in [0.15, 0.2) is 0 Å². The van der Waals surface area contributed by atoms with Crippen molar-refractivity contribution in [2.45, 2.75) is 18.8 Å². The Bertz CT molecular complexity index is 403. The van der Waals surface area contributed by atoms with E-state index in [1.54, 1.807) is 12.1 Å². The molecule has 1 fully saturated rings. The molecule has 1 aliphatic heterocycles. The molecule has 1 aliphatic rings. The normalized spacial score (nSPS) is 17.3. The largest absolute Gasteiger partial charge is 0.317 e. The average molecular weight is 285 g/mol. The van der Waals surface area contributed by atoms with Crippen molar-refractivity contribution in [2.75, 3.05) is 13.1 Å². The second kappa shape index (κ2) is 4.93. The second-order valence-electron chi connectivity index (χ2n) is 3.99. The number of piperidine rings is 1. The van der Waals surface area contributed by atoms with Gasteiger partial charge in [-0.05, 0) is 59.4 Å². The van der Waals surface area contributed by atoms with Crippen LogP contribution in [0.2, 0.25) is 0 Å². The Kier molecular flexibility index (Phi) is 3.56. The van der Waals surface area contributed by atoms with E-state index in [4.69, 9.17) is 0 Å². The molecule has 0 amide bonds. The lowest BCUT2D eigenvalue weighted by atomic mass is 9.90. The van der Waals surface area contributed by atoms with Crippen LogP contribution in [0.4, 0.5) is 5.69 Å². The van der Waals surface area contributed by atoms with Crippen LogP contribution < -0.4 is 5.32 Å². The molecule has 0 spiro atoms. The first-order chi connectivity index (χ1) is 7.68. The van der Waals surface area contributed by atoms with E-state index >= 15 is 0 Å². The third-order valence-corrected chi connectivity index (χ3v) is 3.65. The first kappa shape index (κ1) is 11.5. The molecule has 1 heterocycles. The summed E-state index contributed by atoms with van der Waals surface area (Å²) in [4.78, 5) is 10.5. The zero-order chi connectivity index (χ0) is 11.5. The van der Waals surface area contributed by atoms with Crippen LogP contribution >= 0.6 is 15.9 Å². The fraction of sp³-hybridized carbons (Fsp3) is 0.455. The maximum absolute atomic E-state index is 10.8. The van der Waals surface area contributed by atoms with E-state index < -0.39 is 0 Å². The van der Waals surface area contributed by atoms with Gasteiger partial charge in [-0.25, -0.2) is 0 Å². The lowest BCUT2D eigenvalue weighted by Gasteiger charge is -2.22. The van der Waals surface area contributed by atoms with Gasteiger partial charge in [-0.3, -0.25) is 10.1 Å². The second-order valence-corrected chi connectivity index (χ2v) is 4.85. The van der Waals surface area contributed by atoms with E-state index in [0.29, 0.717) is 10.4 Å². The third kappa shape index (κ3) is 2.41. The average Bonchev–Trinajstić information content (AvgIpc) is 2.30. The summed E-state index contributed by atoms with van der Waals surface area (Å²) in [6, 6.07) is 5.45. The number of halogens is 1. The quantitative estimate of drug-likeness (QED) is 0.671. The van der Waals surface area contributed by atoms with E-state index in [0.717, 1.165) is 31.5 Å². The van der Waals surface area contributed by atoms with Gasteiger partial charge in [0.05, 0.1) is 9.40 Å². The summed E-state index contributed by atoms with van der Waals surface area (Å²) < 4.78 is 0.551. The van der Waals surface area contributed by atoms with Crippen molar-refractivity contribution in [3.05, 3.63) is 38.3 Å². The van der Waals surface area contributed by atoms with Crippen LogP contribution in [0.1, 0.15) is 24.3 Å². The highest BCUT2D eigenvalue weighted by molar-refractivity contribution is 9.10. The predicted molar refractivity (Wildman–Crippen MR) is 65.6 cm³/mol. The molecule has 0 saturated carbocycles. The van der Waals surface area contributed by atoms with Crippen molar-refractivity contribution in [3.8, 4) is 0 Å². The number of benzene rings is 1. The van der Waals surface area contributed by atoms with Crippen LogP contribution in [-0.4, -0.2) is 18.0 Å². The maximum atomic E-state index is 10.8. The minimum absolute atomic E-state index is 0.163. The van der Waals surface area contributed by atoms with Gasteiger partial charge in [0.2, 0.25) is 0 Å². The highest BCUT2D eigenvalue weighted by Crippen LogP contribution is 2.32. The van der Waals surface area contributed by atoms with Crippen LogP contribution in [0.3, 0.4) is 0 Å². The summed E-state index contributed by atoms with van der Waals surface area (Å²) in [5.41, 5.74) is 1.24. The Morgan fingerprint density at radius 3 is 2.69 bits per heavy atom. The zero-order valence-corrected chi connectivity index (χ0v) is 10.4. The molecule has 2 rings (SSSR count). The van der Waals surface area contributed by atoms with Crippen molar-refractivity contribution in [3.63, 3.8) is 0 Å². The Morgan fingerprint density at radius 1 is 1.38 bits per heavy atom. The molecule has 1 N–H and O–H groups in total. The Balaban J connectivity index is 2.27. The van der Waals surface area contributed by atoms with Gasteiger partial charge in [0.1, 0.15) is 0 Å². The van der Waals surface area contributed by atoms with Crippen LogP contribution in [0.25, 0.3) is 0 Å². The molecule has 0 bridgehead atoms. The van der Waals surface area contributed by atoms with Gasteiger partial charge >= 0.3 is 0 Å². The monoisotopic (exact) mass is 284 g/mol. The molecule has 1 saturated heterocycles. The van der Waals surface area contributed by atoms with E-state index in [9.17, 15) is 10.1 Å². The van der Waals surface area contributed by atoms with Crippen molar-refractivity contribution >= 4 is 21.6 Å². The van der Waals surface area contributed by atoms with Gasteiger partial charge in [0, 0.05) is 6.07 Å². The number of hydrogen-bond acceptors (Lipinski definition) is 3. The highest BCUT2D eigenvalue weighted by atomic mass is 79.9. The minimum Gasteiger partial charge on any atom is -0.317 e. The first-order valence-corrected chi connectivity index (χ1v) is 6.12. The Labute approximate surface area is 102 Å². The third-order valence-electron chi connectivity index (χ3n) is 2.98.